The second kappa shape index (κ2) is 52.9. The van der Waals surface area contributed by atoms with Crippen LogP contribution in [-0.2, 0) is 65.4 Å². The fourth-order valence-corrected chi connectivity index (χ4v) is 14.5. The summed E-state index contributed by atoms with van der Waals surface area (Å²) in [6, 6.07) is 49.1. The Bertz CT molecular complexity index is 7040. The summed E-state index contributed by atoms with van der Waals surface area (Å²) in [5.74, 6) is -8.00. The highest BCUT2D eigenvalue weighted by atomic mass is 19.2. The number of nitrogens with one attached hydrogen (secondary N) is 6. The van der Waals surface area contributed by atoms with Gasteiger partial charge in [0.25, 0.3) is 5.69 Å². The topological polar surface area (TPSA) is 282 Å². The minimum absolute atomic E-state index is 0.0828. The van der Waals surface area contributed by atoms with Crippen molar-refractivity contribution in [2.75, 3.05) is 45.2 Å². The van der Waals surface area contributed by atoms with E-state index in [1.54, 1.807) is 184 Å². The Labute approximate surface area is 814 Å². The standard InChI is InChI=1S/C19H21F2N5.C18H15F2N5.C18H18F2N4.C17H16F2N4.C16H14F2N4O.C15H12F2N4O/c1-25(2)16-4-6-23-18(12-16)19-14(10-15(20)11-17(19)21)13-22-7-9-26-8-3-5-24-26;1-21-18-14(19)11-13(12-22-8-10-25-9-4-7-24-25)16(17(18)20)15-5-2-3-6-23-15;1-13-3-5-22-17(9-13)18-14(10-15(19)11-16(18)20)12-21-6-8-24-7-2-4-23-24;18-14-10-13(12-20-7-9-23-8-3-6-22-23)17(15(19)11-14)16-4-1-2-5-21-16;1-11-3-5-19-15(7-11)16-12(8-13(17)9-14(16)18)10-21-23-22-6-2-4-20-22;16-12-8-11(10-20-22-21-7-3-6-19-21)15(13(17)9-12)14-4-1-2-5-18-14/h3-6,8,10-12,22H,7,9,13H2,1-2H3;2-7,9,11,22H,8,10,12H2;2-5,7,9-11,21H,6,8,12H2,1H3;1-6,8,10-11,20H,7,9,12H2;2-9,21H,10H2,1H3;1-9,20H,10H2. The van der Waals surface area contributed by atoms with Gasteiger partial charge in [0.2, 0.25) is 0 Å². The van der Waals surface area contributed by atoms with Gasteiger partial charge in [-0.2, -0.15) is 20.4 Å². The van der Waals surface area contributed by atoms with Crippen molar-refractivity contribution in [2.45, 2.75) is 79.3 Å². The first-order valence-corrected chi connectivity index (χ1v) is 44.5. The van der Waals surface area contributed by atoms with Crippen molar-refractivity contribution in [3.63, 3.8) is 0 Å². The molecule has 12 aromatic heterocycles. The van der Waals surface area contributed by atoms with Gasteiger partial charge in [-0.1, -0.05) is 27.9 Å². The second-order valence-corrected chi connectivity index (χ2v) is 31.6. The fraction of sp³-hybridized carbons (Fsp3) is 0.175. The van der Waals surface area contributed by atoms with Crippen molar-refractivity contribution in [3.8, 4) is 67.5 Å². The molecular weight excluding hydrogens is 1860 g/mol. The van der Waals surface area contributed by atoms with Gasteiger partial charge in [0.05, 0.1) is 105 Å². The molecule has 0 saturated carbocycles. The Hall–Kier alpha value is -16.7. The molecule has 0 atom stereocenters. The molecule has 0 amide bonds. The molecule has 18 aromatic rings. The van der Waals surface area contributed by atoms with Crippen LogP contribution >= 0.6 is 0 Å². The average Bonchev–Trinajstić information content (AvgIpc) is 1.64. The third-order valence-corrected chi connectivity index (χ3v) is 21.1. The summed E-state index contributed by atoms with van der Waals surface area (Å²) in [6.07, 6.45) is 30.0. The molecule has 0 fully saturated rings. The lowest BCUT2D eigenvalue weighted by atomic mass is 10.0. The molecule has 0 aliphatic rings. The van der Waals surface area contributed by atoms with Crippen molar-refractivity contribution < 1.29 is 62.6 Å². The molecule has 0 unspecified atom stereocenters. The first kappa shape index (κ1) is 104. The zero-order valence-corrected chi connectivity index (χ0v) is 77.6. The third-order valence-electron chi connectivity index (χ3n) is 21.1. The molecule has 6 N–H and O–H groups in total. The van der Waals surface area contributed by atoms with Crippen LogP contribution in [0.5, 0.6) is 0 Å². The molecule has 6 aromatic carbocycles. The highest BCUT2D eigenvalue weighted by molar-refractivity contribution is 5.73. The Balaban J connectivity index is 0.000000144. The van der Waals surface area contributed by atoms with E-state index in [0.717, 1.165) is 47.1 Å². The van der Waals surface area contributed by atoms with Crippen LogP contribution in [0.3, 0.4) is 0 Å². The van der Waals surface area contributed by atoms with Gasteiger partial charge >= 0.3 is 0 Å². The minimum atomic E-state index is -0.877. The van der Waals surface area contributed by atoms with Crippen molar-refractivity contribution in [1.29, 1.82) is 0 Å². The average molecular weight is 1960 g/mol. The molecule has 0 aliphatic carbocycles. The van der Waals surface area contributed by atoms with E-state index in [2.05, 4.69) is 97.6 Å². The number of nitrogens with zero attached hydrogens (tertiary/aromatic N) is 20. The van der Waals surface area contributed by atoms with Gasteiger partial charge in [0.15, 0.2) is 0 Å². The Kier molecular flexibility index (Phi) is 38.3. The Morgan fingerprint density at radius 1 is 0.294 bits per heavy atom. The van der Waals surface area contributed by atoms with E-state index in [1.807, 2.05) is 100 Å². The molecule has 0 aliphatic heterocycles. The summed E-state index contributed by atoms with van der Waals surface area (Å²) < 4.78 is 175. The molecule has 734 valence electrons. The summed E-state index contributed by atoms with van der Waals surface area (Å²) >= 11 is 0. The summed E-state index contributed by atoms with van der Waals surface area (Å²) in [5, 5.41) is 36.8. The number of hydrogen-bond donors (Lipinski definition) is 6. The normalized spacial score (nSPS) is 10.8. The summed E-state index contributed by atoms with van der Waals surface area (Å²) in [6.45, 7) is 17.4. The van der Waals surface area contributed by atoms with Crippen LogP contribution in [0.2, 0.25) is 0 Å². The Morgan fingerprint density at radius 2 is 0.587 bits per heavy atom. The monoisotopic (exact) mass is 1960 g/mol. The quantitative estimate of drug-likeness (QED) is 0.00931. The number of aryl methyl sites for hydroxylation is 2. The highest BCUT2D eigenvalue weighted by Crippen LogP contribution is 2.37. The highest BCUT2D eigenvalue weighted by Gasteiger charge is 2.24. The van der Waals surface area contributed by atoms with Crippen LogP contribution in [0.1, 0.15) is 44.5 Å². The van der Waals surface area contributed by atoms with Gasteiger partial charge < -0.3 is 36.0 Å². The number of anilines is 1. The maximum Gasteiger partial charge on any atom is 0.257 e. The van der Waals surface area contributed by atoms with Gasteiger partial charge in [-0.05, 0) is 204 Å². The van der Waals surface area contributed by atoms with E-state index < -0.39 is 75.5 Å². The van der Waals surface area contributed by atoms with Gasteiger partial charge in [-0.3, -0.25) is 48.6 Å². The third kappa shape index (κ3) is 30.6. The number of aromatic nitrogens is 18. The summed E-state index contributed by atoms with van der Waals surface area (Å²) in [4.78, 5) is 42.6. The van der Waals surface area contributed by atoms with Crippen LogP contribution in [0.25, 0.3) is 72.4 Å². The first-order chi connectivity index (χ1) is 69.5. The first-order valence-electron chi connectivity index (χ1n) is 44.5. The molecule has 0 spiro atoms. The van der Waals surface area contributed by atoms with Crippen LogP contribution in [0, 0.1) is 90.2 Å². The number of halogens is 12. The Morgan fingerprint density at radius 3 is 0.881 bits per heavy atom. The van der Waals surface area contributed by atoms with Gasteiger partial charge in [-0.15, -0.1) is 21.2 Å². The summed E-state index contributed by atoms with van der Waals surface area (Å²) in [5.41, 5.74) is 14.6. The number of hydrogen-bond acceptors (Lipinski definition) is 21. The zero-order chi connectivity index (χ0) is 101. The lowest BCUT2D eigenvalue weighted by molar-refractivity contribution is -0.000850. The molecule has 0 radical (unpaired) electrons. The van der Waals surface area contributed by atoms with Crippen molar-refractivity contribution in [2.24, 2.45) is 0 Å². The van der Waals surface area contributed by atoms with E-state index in [9.17, 15) is 52.7 Å². The molecular formula is C103H96F12N26O2. The van der Waals surface area contributed by atoms with Gasteiger partial charge in [0, 0.05) is 223 Å². The zero-order valence-electron chi connectivity index (χ0n) is 77.6. The molecule has 0 bridgehead atoms. The predicted octanol–water partition coefficient (Wildman–Crippen LogP) is 18.0. The fourth-order valence-electron chi connectivity index (χ4n) is 14.5. The predicted molar refractivity (Wildman–Crippen MR) is 515 cm³/mol. The number of hydroxylamine groups is 2. The SMILES string of the molecule is CN(C)c1ccnc(-c2c(F)cc(F)cc2CNCCn2cccn2)c1.Cc1ccnc(-c2c(F)cc(F)cc2CNCCn2cccn2)c1.Cc1ccnc(-c2c(F)cc(F)cc2CNOn2cccn2)c1.Fc1cc(F)c(-c2ccccn2)c(CNCCn2cccn2)c1.Fc1cc(F)c(-c2ccccn2)c(CNOn2cccn2)c1.[C-]#[N+]c1c(F)cc(CNCCn2cccn2)c(-c2ccccn2)c1F. The van der Waals surface area contributed by atoms with E-state index >= 15 is 0 Å². The van der Waals surface area contributed by atoms with E-state index in [4.69, 9.17) is 16.4 Å². The minimum Gasteiger partial charge on any atom is -0.378 e. The van der Waals surface area contributed by atoms with Gasteiger partial charge in [0.1, 0.15) is 69.8 Å². The molecule has 0 saturated heterocycles. The molecule has 18 rings (SSSR count). The van der Waals surface area contributed by atoms with Gasteiger partial charge in [-0.25, -0.2) is 57.5 Å². The number of pyridine rings is 6. The maximum atomic E-state index is 14.7. The van der Waals surface area contributed by atoms with Crippen LogP contribution in [0.15, 0.2) is 306 Å². The molecule has 40 heteroatoms. The lowest BCUT2D eigenvalue weighted by Crippen LogP contribution is -2.27. The smallest absolute Gasteiger partial charge is 0.257 e. The summed E-state index contributed by atoms with van der Waals surface area (Å²) in [7, 11) is 3.80. The second-order valence-electron chi connectivity index (χ2n) is 31.6. The molecule has 12 heterocycles. The van der Waals surface area contributed by atoms with E-state index in [1.165, 1.54) is 52.3 Å². The van der Waals surface area contributed by atoms with Crippen molar-refractivity contribution in [3.05, 3.63) is 431 Å². The lowest BCUT2D eigenvalue weighted by Gasteiger charge is -2.16. The van der Waals surface area contributed by atoms with Crippen LogP contribution in [-0.4, -0.2) is 129 Å². The van der Waals surface area contributed by atoms with E-state index in [0.29, 0.717) is 156 Å². The maximum absolute atomic E-state index is 14.7. The molecule has 28 nitrogen and oxygen atoms in total. The van der Waals surface area contributed by atoms with Crippen molar-refractivity contribution >= 4 is 11.4 Å². The molecule has 143 heavy (non-hydrogen) atoms. The van der Waals surface area contributed by atoms with Crippen LogP contribution in [0.4, 0.5) is 64.1 Å². The number of rotatable bonds is 35. The largest absolute Gasteiger partial charge is 0.378 e. The van der Waals surface area contributed by atoms with E-state index in [-0.39, 0.29) is 36.3 Å². The van der Waals surface area contributed by atoms with Crippen molar-refractivity contribution in [1.82, 2.24) is 121 Å². The van der Waals surface area contributed by atoms with Crippen LogP contribution < -0.4 is 47.0 Å². The number of benzene rings is 6.